The lowest BCUT2D eigenvalue weighted by atomic mass is 9.96. The van der Waals surface area contributed by atoms with Crippen molar-refractivity contribution < 1.29 is 19.5 Å². The van der Waals surface area contributed by atoms with Crippen LogP contribution < -0.4 is 10.6 Å². The van der Waals surface area contributed by atoms with Crippen LogP contribution >= 0.6 is 0 Å². The van der Waals surface area contributed by atoms with E-state index < -0.39 is 5.97 Å². The molecule has 6 heteroatoms. The summed E-state index contributed by atoms with van der Waals surface area (Å²) >= 11 is 0. The maximum Gasteiger partial charge on any atom is 0.341 e. The summed E-state index contributed by atoms with van der Waals surface area (Å²) < 4.78 is 0. The zero-order valence-electron chi connectivity index (χ0n) is 12.5. The molecule has 3 N–H and O–H groups in total. The summed E-state index contributed by atoms with van der Waals surface area (Å²) in [4.78, 5) is 28.3. The lowest BCUT2D eigenvalue weighted by Gasteiger charge is -2.25. The number of aromatic carboxylic acids is 1. The summed E-state index contributed by atoms with van der Waals surface area (Å²) in [6, 6.07) is -0.339. The molecule has 114 valence electrons. The van der Waals surface area contributed by atoms with E-state index in [1.54, 1.807) is 13.8 Å². The molecule has 1 atom stereocenters. The van der Waals surface area contributed by atoms with Crippen LogP contribution in [0.1, 0.15) is 39.9 Å². The minimum atomic E-state index is -1.13. The molecule has 21 heavy (non-hydrogen) atoms. The number of nitrogens with two attached hydrogens (primary N) is 1. The second-order valence-corrected chi connectivity index (χ2v) is 5.38. The number of carbonyl (C=O) groups excluding carboxylic acids is 1. The Hall–Kier alpha value is -2.08. The van der Waals surface area contributed by atoms with Crippen LogP contribution in [0.5, 0.6) is 5.75 Å². The van der Waals surface area contributed by atoms with Crippen LogP contribution in [-0.4, -0.2) is 35.0 Å². The van der Waals surface area contributed by atoms with Crippen molar-refractivity contribution in [1.82, 2.24) is 5.06 Å². The largest absolute Gasteiger partial charge is 0.477 e. The topological polar surface area (TPSA) is 92.9 Å². The fraction of sp³-hybridized carbons (Fsp3) is 0.467. The Morgan fingerprint density at radius 2 is 2.00 bits per heavy atom. The first-order valence-corrected chi connectivity index (χ1v) is 6.90. The average Bonchev–Trinajstić information content (AvgIpc) is 2.89. The Morgan fingerprint density at radius 1 is 1.33 bits per heavy atom. The highest BCUT2D eigenvalue weighted by atomic mass is 16.7. The van der Waals surface area contributed by atoms with Gasteiger partial charge in [0.1, 0.15) is 17.9 Å². The molecular weight excluding hydrogens is 272 g/mol. The molecule has 0 aromatic heterocycles. The number of nitrogens with zero attached hydrogens (tertiary/aromatic N) is 1. The molecule has 1 aromatic carbocycles. The number of hydroxylamine groups is 2. The number of rotatable bonds is 4. The fourth-order valence-corrected chi connectivity index (χ4v) is 2.61. The molecule has 1 aliphatic heterocycles. The van der Waals surface area contributed by atoms with Crippen LogP contribution in [0.4, 0.5) is 5.69 Å². The monoisotopic (exact) mass is 292 g/mol. The van der Waals surface area contributed by atoms with Crippen LogP contribution in [0.2, 0.25) is 0 Å². The van der Waals surface area contributed by atoms with Gasteiger partial charge in [-0.1, -0.05) is 0 Å². The summed E-state index contributed by atoms with van der Waals surface area (Å²) in [5.41, 5.74) is 8.49. The van der Waals surface area contributed by atoms with Crippen molar-refractivity contribution in [2.75, 3.05) is 12.3 Å². The van der Waals surface area contributed by atoms with Crippen molar-refractivity contribution in [1.29, 1.82) is 0 Å². The van der Waals surface area contributed by atoms with Gasteiger partial charge in [-0.2, -0.15) is 0 Å². The van der Waals surface area contributed by atoms with Crippen LogP contribution in [0.15, 0.2) is 0 Å². The number of benzene rings is 1. The van der Waals surface area contributed by atoms with Crippen LogP contribution in [0.3, 0.4) is 0 Å². The summed E-state index contributed by atoms with van der Waals surface area (Å²) in [5.74, 6) is -0.896. The summed E-state index contributed by atoms with van der Waals surface area (Å²) in [6.45, 7) is 6.06. The summed E-state index contributed by atoms with van der Waals surface area (Å²) in [6.07, 6.45) is 2.38. The van der Waals surface area contributed by atoms with Gasteiger partial charge in [-0.3, -0.25) is 0 Å². The fourth-order valence-electron chi connectivity index (χ4n) is 2.61. The Morgan fingerprint density at radius 3 is 2.57 bits per heavy atom. The van der Waals surface area contributed by atoms with Crippen molar-refractivity contribution in [3.05, 3.63) is 22.3 Å². The van der Waals surface area contributed by atoms with Gasteiger partial charge in [-0.15, -0.1) is 5.06 Å². The van der Waals surface area contributed by atoms with Crippen molar-refractivity contribution in [2.45, 2.75) is 39.7 Å². The molecule has 1 heterocycles. The second-order valence-electron chi connectivity index (χ2n) is 5.38. The van der Waals surface area contributed by atoms with Crippen molar-refractivity contribution in [2.24, 2.45) is 0 Å². The molecule has 1 unspecified atom stereocenters. The molecule has 0 radical (unpaired) electrons. The van der Waals surface area contributed by atoms with E-state index in [-0.39, 0.29) is 23.0 Å². The molecule has 6 nitrogen and oxygen atoms in total. The zero-order chi connectivity index (χ0) is 15.7. The molecule has 0 bridgehead atoms. The Labute approximate surface area is 123 Å². The third-order valence-corrected chi connectivity index (χ3v) is 4.19. The third-order valence-electron chi connectivity index (χ3n) is 4.19. The minimum Gasteiger partial charge on any atom is -0.477 e. The quantitative estimate of drug-likeness (QED) is 0.650. The van der Waals surface area contributed by atoms with E-state index >= 15 is 0 Å². The lowest BCUT2D eigenvalue weighted by molar-refractivity contribution is -0.124. The summed E-state index contributed by atoms with van der Waals surface area (Å²) in [7, 11) is 0. The van der Waals surface area contributed by atoms with Crippen molar-refractivity contribution in [3.8, 4) is 5.75 Å². The zero-order valence-corrected chi connectivity index (χ0v) is 12.5. The number of carbonyl (C=O) groups is 2. The molecule has 0 spiro atoms. The molecule has 1 aromatic rings. The molecule has 0 aliphatic carbocycles. The van der Waals surface area contributed by atoms with Gasteiger partial charge in [0.15, 0.2) is 5.75 Å². The Kier molecular flexibility index (Phi) is 4.18. The number of carboxylic acids is 1. The highest BCUT2D eigenvalue weighted by molar-refractivity contribution is 5.98. The van der Waals surface area contributed by atoms with E-state index in [2.05, 4.69) is 0 Å². The number of hydrogen-bond donors (Lipinski definition) is 2. The molecule has 1 fully saturated rings. The van der Waals surface area contributed by atoms with Crippen LogP contribution in [-0.2, 0) is 4.79 Å². The van der Waals surface area contributed by atoms with Crippen LogP contribution in [0, 0.1) is 20.8 Å². The van der Waals surface area contributed by atoms with Gasteiger partial charge in [0, 0.05) is 6.54 Å². The van der Waals surface area contributed by atoms with Gasteiger partial charge in [0.2, 0.25) is 0 Å². The van der Waals surface area contributed by atoms with E-state index in [9.17, 15) is 14.7 Å². The molecular formula is C15H20N2O4. The van der Waals surface area contributed by atoms with E-state index in [1.807, 2.05) is 6.92 Å². The molecule has 0 saturated carbocycles. The van der Waals surface area contributed by atoms with Crippen molar-refractivity contribution >= 4 is 17.9 Å². The van der Waals surface area contributed by atoms with Crippen molar-refractivity contribution in [3.63, 3.8) is 0 Å². The first-order chi connectivity index (χ1) is 9.88. The van der Waals surface area contributed by atoms with Gasteiger partial charge in [-0.05, 0) is 50.3 Å². The number of hydrogen-bond acceptors (Lipinski definition) is 5. The SMILES string of the molecule is Cc1c(C)c(N)c(C(=O)O)c(ON2CCCC2C=O)c1C. The molecule has 2 rings (SSSR count). The van der Waals surface area contributed by atoms with Crippen LogP contribution in [0.25, 0.3) is 0 Å². The maximum atomic E-state index is 11.5. The molecule has 1 saturated heterocycles. The smallest absolute Gasteiger partial charge is 0.341 e. The Balaban J connectivity index is 2.51. The van der Waals surface area contributed by atoms with E-state index in [4.69, 9.17) is 10.6 Å². The van der Waals surface area contributed by atoms with E-state index in [1.165, 1.54) is 5.06 Å². The Bertz CT molecular complexity index is 598. The van der Waals surface area contributed by atoms with Gasteiger partial charge >= 0.3 is 5.97 Å². The minimum absolute atomic E-state index is 0.0350. The number of carboxylic acid groups (broad SMARTS) is 1. The van der Waals surface area contributed by atoms with Gasteiger partial charge in [-0.25, -0.2) is 4.79 Å². The maximum absolute atomic E-state index is 11.5. The van der Waals surface area contributed by atoms with Gasteiger partial charge < -0.3 is 20.5 Å². The highest BCUT2D eigenvalue weighted by Gasteiger charge is 2.30. The van der Waals surface area contributed by atoms with E-state index in [0.29, 0.717) is 13.0 Å². The highest BCUT2D eigenvalue weighted by Crippen LogP contribution is 2.36. The first kappa shape index (κ1) is 15.3. The second kappa shape index (κ2) is 5.73. The normalized spacial score (nSPS) is 18.7. The average molecular weight is 292 g/mol. The third kappa shape index (κ3) is 2.58. The van der Waals surface area contributed by atoms with Gasteiger partial charge in [0.25, 0.3) is 0 Å². The number of nitrogen functional groups attached to an aromatic ring is 1. The predicted octanol–water partition coefficient (Wildman–Crippen LogP) is 1.85. The number of anilines is 1. The summed E-state index contributed by atoms with van der Waals surface area (Å²) in [5, 5.41) is 11.0. The molecule has 1 aliphatic rings. The lowest BCUT2D eigenvalue weighted by Crippen LogP contribution is -2.34. The number of aldehydes is 1. The van der Waals surface area contributed by atoms with Gasteiger partial charge in [0.05, 0.1) is 5.69 Å². The van der Waals surface area contributed by atoms with E-state index in [0.717, 1.165) is 29.4 Å². The predicted molar refractivity (Wildman–Crippen MR) is 78.4 cm³/mol. The molecule has 0 amide bonds. The first-order valence-electron chi connectivity index (χ1n) is 6.90. The standard InChI is InChI=1S/C15H20N2O4/c1-8-9(2)13(16)12(15(19)20)14(10(8)3)21-17-6-4-5-11(17)7-18/h7,11H,4-6,16H2,1-3H3,(H,19,20).